The second-order valence-electron chi connectivity index (χ2n) is 12.4. The molecule has 0 bridgehead atoms. The van der Waals surface area contributed by atoms with Gasteiger partial charge in [-0.25, -0.2) is 26.7 Å². The number of aliphatic hydroxyl groups excluding tert-OH is 1. The number of aliphatic hydroxyl groups is 1. The van der Waals surface area contributed by atoms with Gasteiger partial charge in [-0.2, -0.15) is 0 Å². The minimum Gasteiger partial charge on any atom is -0.478 e. The molecule has 3 N–H and O–H groups in total. The molecule has 274 valence electrons. The summed E-state index contributed by atoms with van der Waals surface area (Å²) in [5.74, 6) is -13.1. The average molecular weight is 750 g/mol. The van der Waals surface area contributed by atoms with Gasteiger partial charge in [-0.1, -0.05) is 73.7 Å². The Kier molecular flexibility index (Phi) is 11.6. The summed E-state index contributed by atoms with van der Waals surface area (Å²) in [6.45, 7) is 1.70. The second-order valence-corrected chi connectivity index (χ2v) is 13.5. The molecule has 5 aromatic carbocycles. The number of ether oxygens (including phenoxy) is 2. The van der Waals surface area contributed by atoms with Crippen LogP contribution >= 0.6 is 11.8 Å². The third kappa shape index (κ3) is 8.28. The van der Waals surface area contributed by atoms with E-state index in [1.807, 2.05) is 61.5 Å². The molecular weight excluding hydrogens is 717 g/mol. The Morgan fingerprint density at radius 1 is 0.736 bits per heavy atom. The first-order chi connectivity index (χ1) is 25.4. The summed E-state index contributed by atoms with van der Waals surface area (Å²) >= 11 is 1.54. The van der Waals surface area contributed by atoms with Crippen molar-refractivity contribution in [1.82, 2.24) is 5.32 Å². The highest BCUT2D eigenvalue weighted by Gasteiger charge is 2.38. The summed E-state index contributed by atoms with van der Waals surface area (Å²) in [5, 5.41) is 21.0. The van der Waals surface area contributed by atoms with Gasteiger partial charge in [0.2, 0.25) is 5.82 Å². The van der Waals surface area contributed by atoms with Crippen molar-refractivity contribution in [2.75, 3.05) is 5.75 Å². The van der Waals surface area contributed by atoms with Gasteiger partial charge in [-0.05, 0) is 58.1 Å². The zero-order valence-corrected chi connectivity index (χ0v) is 28.8. The fraction of sp³-hybridized carbons (Fsp3) is 0.200. The van der Waals surface area contributed by atoms with E-state index < -0.39 is 52.8 Å². The fourth-order valence-corrected chi connectivity index (χ4v) is 7.02. The molecule has 0 saturated carbocycles. The van der Waals surface area contributed by atoms with Crippen LogP contribution in [-0.4, -0.2) is 33.9 Å². The molecule has 4 atom stereocenters. The number of carbonyl (C=O) groups excluding carboxylic acids is 1. The number of hydrogen-bond donors (Lipinski definition) is 3. The Labute approximate surface area is 305 Å². The monoisotopic (exact) mass is 749 g/mol. The van der Waals surface area contributed by atoms with Crippen LogP contribution in [0.3, 0.4) is 0 Å². The standard InChI is InChI=1S/C40H32F5NO6S/c1-21-30(20-53-29-15-13-26(14-16-29)39(49)50)51-40(52-37(21)25-7-5-22(19-47)6-8-25)27-11-9-24(10-12-27)28-4-2-3-23(17-28)18-46-38(48)31-32(41)34(43)36(45)35(44)33(31)42/h2-17,21,30,37,40,47H,18-20H2,1H3,(H,46,48)(H,49,50)/t21-,30+,37+,40+/m1/s1. The Bertz CT molecular complexity index is 2090. The zero-order valence-electron chi connectivity index (χ0n) is 28.0. The zero-order chi connectivity index (χ0) is 37.8. The van der Waals surface area contributed by atoms with Crippen molar-refractivity contribution in [1.29, 1.82) is 0 Å². The van der Waals surface area contributed by atoms with E-state index in [-0.39, 0.29) is 36.8 Å². The molecule has 0 unspecified atom stereocenters. The number of thioether (sulfide) groups is 1. The molecule has 1 amide bonds. The van der Waals surface area contributed by atoms with Gasteiger partial charge >= 0.3 is 5.97 Å². The van der Waals surface area contributed by atoms with Gasteiger partial charge in [-0.3, -0.25) is 4.79 Å². The van der Waals surface area contributed by atoms with Gasteiger partial charge in [0, 0.05) is 28.7 Å². The lowest BCUT2D eigenvalue weighted by atomic mass is 9.91. The number of carboxylic acids is 1. The quantitative estimate of drug-likeness (QED) is 0.0537. The Morgan fingerprint density at radius 2 is 1.36 bits per heavy atom. The number of nitrogens with one attached hydrogen (secondary N) is 1. The maximum Gasteiger partial charge on any atom is 0.335 e. The van der Waals surface area contributed by atoms with Gasteiger partial charge in [-0.15, -0.1) is 11.8 Å². The number of amides is 1. The molecule has 1 heterocycles. The minimum atomic E-state index is -2.35. The van der Waals surface area contributed by atoms with Gasteiger partial charge in [0.05, 0.1) is 24.4 Å². The third-order valence-electron chi connectivity index (χ3n) is 8.97. The third-order valence-corrected chi connectivity index (χ3v) is 10.1. The fourth-order valence-electron chi connectivity index (χ4n) is 5.95. The Balaban J connectivity index is 1.18. The van der Waals surface area contributed by atoms with Gasteiger partial charge in [0.1, 0.15) is 5.56 Å². The molecule has 0 radical (unpaired) electrons. The average Bonchev–Trinajstić information content (AvgIpc) is 3.18. The molecule has 13 heteroatoms. The van der Waals surface area contributed by atoms with E-state index in [0.717, 1.165) is 32.7 Å². The number of aromatic carboxylic acids is 1. The Morgan fingerprint density at radius 3 is 1.98 bits per heavy atom. The van der Waals surface area contributed by atoms with Crippen molar-refractivity contribution in [2.45, 2.75) is 43.5 Å². The number of carbonyl (C=O) groups is 2. The van der Waals surface area contributed by atoms with E-state index in [1.165, 1.54) is 0 Å². The first-order valence-electron chi connectivity index (χ1n) is 16.4. The molecule has 1 aliphatic heterocycles. The number of rotatable bonds is 11. The number of halogens is 5. The van der Waals surface area contributed by atoms with Gasteiger partial charge in [0.25, 0.3) is 5.91 Å². The highest BCUT2D eigenvalue weighted by molar-refractivity contribution is 7.99. The topological polar surface area (TPSA) is 105 Å². The van der Waals surface area contributed by atoms with Crippen LogP contribution in [0, 0.1) is 35.0 Å². The number of hydrogen-bond acceptors (Lipinski definition) is 6. The maximum atomic E-state index is 14.1. The van der Waals surface area contributed by atoms with Crippen molar-refractivity contribution >= 4 is 23.6 Å². The SMILES string of the molecule is C[C@@H]1[C@H](CSc2ccc(C(=O)O)cc2)O[C@H](c2ccc(-c3cccc(CNC(=O)c4c(F)c(F)c(F)c(F)c4F)c3)cc2)O[C@@H]1c1ccc(CO)cc1. The van der Waals surface area contributed by atoms with Crippen molar-refractivity contribution < 1.29 is 51.2 Å². The molecule has 0 aliphatic carbocycles. The van der Waals surface area contributed by atoms with E-state index in [9.17, 15) is 41.8 Å². The van der Waals surface area contributed by atoms with Crippen LogP contribution in [0.15, 0.2) is 102 Å². The lowest BCUT2D eigenvalue weighted by molar-refractivity contribution is -0.268. The van der Waals surface area contributed by atoms with Crippen LogP contribution < -0.4 is 5.32 Å². The molecule has 0 spiro atoms. The van der Waals surface area contributed by atoms with E-state index in [2.05, 4.69) is 5.32 Å². The predicted molar refractivity (Wildman–Crippen MR) is 186 cm³/mol. The summed E-state index contributed by atoms with van der Waals surface area (Å²) in [6, 6.07) is 28.4. The number of benzene rings is 5. The molecule has 1 aliphatic rings. The summed E-state index contributed by atoms with van der Waals surface area (Å²) in [5.41, 5.74) is 3.07. The van der Waals surface area contributed by atoms with Gasteiger partial charge < -0.3 is 25.0 Å². The van der Waals surface area contributed by atoms with Crippen LogP contribution in [0.1, 0.15) is 62.3 Å². The second kappa shape index (κ2) is 16.3. The lowest BCUT2D eigenvalue weighted by Crippen LogP contribution is -2.38. The van der Waals surface area contributed by atoms with Crippen molar-refractivity contribution in [3.8, 4) is 11.1 Å². The van der Waals surface area contributed by atoms with Crippen molar-refractivity contribution in [3.05, 3.63) is 160 Å². The Hall–Kier alpha value is -5.08. The smallest absolute Gasteiger partial charge is 0.335 e. The van der Waals surface area contributed by atoms with E-state index in [1.54, 1.807) is 54.2 Å². The predicted octanol–water partition coefficient (Wildman–Crippen LogP) is 8.75. The van der Waals surface area contributed by atoms with Crippen LogP contribution in [0.5, 0.6) is 0 Å². The van der Waals surface area contributed by atoms with E-state index in [4.69, 9.17) is 9.47 Å². The first kappa shape index (κ1) is 37.7. The molecule has 7 nitrogen and oxygen atoms in total. The summed E-state index contributed by atoms with van der Waals surface area (Å²) in [6.07, 6.45) is -1.36. The van der Waals surface area contributed by atoms with Crippen LogP contribution in [0.4, 0.5) is 22.0 Å². The maximum absolute atomic E-state index is 14.1. The van der Waals surface area contributed by atoms with E-state index in [0.29, 0.717) is 11.3 Å². The summed E-state index contributed by atoms with van der Waals surface area (Å²) < 4.78 is 82.0. The van der Waals surface area contributed by atoms with Crippen LogP contribution in [0.25, 0.3) is 11.1 Å². The highest BCUT2D eigenvalue weighted by Crippen LogP contribution is 2.43. The molecule has 1 saturated heterocycles. The highest BCUT2D eigenvalue weighted by atomic mass is 32.2. The molecule has 0 aromatic heterocycles. The number of carboxylic acid groups (broad SMARTS) is 1. The lowest BCUT2D eigenvalue weighted by Gasteiger charge is -2.41. The van der Waals surface area contributed by atoms with Crippen LogP contribution in [-0.2, 0) is 22.6 Å². The molecule has 6 rings (SSSR count). The molecular formula is C40H32F5NO6S. The molecule has 1 fully saturated rings. The summed E-state index contributed by atoms with van der Waals surface area (Å²) in [7, 11) is 0. The first-order valence-corrected chi connectivity index (χ1v) is 17.4. The molecule has 53 heavy (non-hydrogen) atoms. The summed E-state index contributed by atoms with van der Waals surface area (Å²) in [4.78, 5) is 24.6. The van der Waals surface area contributed by atoms with Gasteiger partial charge in [0.15, 0.2) is 29.6 Å². The van der Waals surface area contributed by atoms with E-state index >= 15 is 0 Å². The molecule has 5 aromatic rings. The normalized spacial score (nSPS) is 18.5. The largest absolute Gasteiger partial charge is 0.478 e. The minimum absolute atomic E-state index is 0.0754. The van der Waals surface area contributed by atoms with Crippen molar-refractivity contribution in [3.63, 3.8) is 0 Å². The van der Waals surface area contributed by atoms with Crippen LogP contribution in [0.2, 0.25) is 0 Å². The van der Waals surface area contributed by atoms with Crippen molar-refractivity contribution in [2.24, 2.45) is 5.92 Å².